The van der Waals surface area contributed by atoms with E-state index in [-0.39, 0.29) is 6.54 Å². The molecule has 0 unspecified atom stereocenters. The number of carbonyl (C=O) groups excluding carboxylic acids is 3. The number of aromatic nitrogens is 1. The SMILES string of the molecule is CSc1cccc(NC(=O)CN2C(=O)S/C(=C\c3c(C)n(C)c4ccccc34)C2=O)c1. The molecule has 4 rings (SSSR count). The molecule has 1 aliphatic heterocycles. The molecule has 3 aromatic rings. The van der Waals surface area contributed by atoms with Crippen LogP contribution < -0.4 is 5.32 Å². The molecule has 0 aliphatic carbocycles. The lowest BCUT2D eigenvalue weighted by atomic mass is 10.1. The number of fused-ring (bicyclic) bond motifs is 1. The third-order valence-electron chi connectivity index (χ3n) is 5.25. The van der Waals surface area contributed by atoms with Crippen LogP contribution in [0.15, 0.2) is 58.3 Å². The van der Waals surface area contributed by atoms with Crippen LogP contribution >= 0.6 is 23.5 Å². The minimum absolute atomic E-state index is 0.319. The summed E-state index contributed by atoms with van der Waals surface area (Å²) in [4.78, 5) is 40.1. The fourth-order valence-corrected chi connectivity index (χ4v) is 4.82. The number of rotatable bonds is 5. The van der Waals surface area contributed by atoms with Crippen molar-refractivity contribution in [1.29, 1.82) is 0 Å². The molecule has 31 heavy (non-hydrogen) atoms. The Labute approximate surface area is 188 Å². The van der Waals surface area contributed by atoms with Crippen LogP contribution in [-0.2, 0) is 16.6 Å². The van der Waals surface area contributed by atoms with Crippen LogP contribution in [0.1, 0.15) is 11.3 Å². The molecule has 2 heterocycles. The maximum Gasteiger partial charge on any atom is 0.294 e. The van der Waals surface area contributed by atoms with Gasteiger partial charge in [-0.15, -0.1) is 11.8 Å². The fourth-order valence-electron chi connectivity index (χ4n) is 3.54. The second-order valence-corrected chi connectivity index (χ2v) is 9.00. The van der Waals surface area contributed by atoms with E-state index in [1.165, 1.54) is 0 Å². The molecule has 0 bridgehead atoms. The van der Waals surface area contributed by atoms with Gasteiger partial charge in [-0.25, -0.2) is 0 Å². The maximum atomic E-state index is 12.9. The van der Waals surface area contributed by atoms with Crippen LogP contribution in [0.3, 0.4) is 0 Å². The molecule has 1 fully saturated rings. The molecule has 3 amide bonds. The zero-order valence-corrected chi connectivity index (χ0v) is 19.0. The predicted octanol–water partition coefficient (Wildman–Crippen LogP) is 4.88. The van der Waals surface area contributed by atoms with Gasteiger partial charge in [-0.3, -0.25) is 19.3 Å². The Morgan fingerprint density at radius 1 is 1.16 bits per heavy atom. The van der Waals surface area contributed by atoms with Gasteiger partial charge in [0.15, 0.2) is 0 Å². The summed E-state index contributed by atoms with van der Waals surface area (Å²) in [5.74, 6) is -0.863. The summed E-state index contributed by atoms with van der Waals surface area (Å²) in [7, 11) is 1.97. The summed E-state index contributed by atoms with van der Waals surface area (Å²) in [6.07, 6.45) is 3.70. The Balaban J connectivity index is 1.54. The average molecular weight is 452 g/mol. The molecule has 0 atom stereocenters. The normalized spacial score (nSPS) is 15.3. The highest BCUT2D eigenvalue weighted by molar-refractivity contribution is 8.18. The van der Waals surface area contributed by atoms with Gasteiger partial charge in [0.05, 0.1) is 4.91 Å². The Bertz CT molecular complexity index is 1250. The number of benzene rings is 2. The minimum Gasteiger partial charge on any atom is -0.347 e. The number of anilines is 1. The van der Waals surface area contributed by atoms with Crippen LogP contribution in [0.5, 0.6) is 0 Å². The maximum absolute atomic E-state index is 12.9. The summed E-state index contributed by atoms with van der Waals surface area (Å²) in [6, 6.07) is 15.3. The summed E-state index contributed by atoms with van der Waals surface area (Å²) in [6.45, 7) is 1.66. The first-order chi connectivity index (χ1) is 14.9. The number of carbonyl (C=O) groups is 3. The fraction of sp³-hybridized carbons (Fsp3) is 0.174. The van der Waals surface area contributed by atoms with E-state index in [1.807, 2.05) is 62.7 Å². The van der Waals surface area contributed by atoms with Crippen molar-refractivity contribution in [3.05, 3.63) is 64.7 Å². The summed E-state index contributed by atoms with van der Waals surface area (Å²) < 4.78 is 2.06. The zero-order valence-electron chi connectivity index (χ0n) is 17.3. The van der Waals surface area contributed by atoms with Gasteiger partial charge in [-0.1, -0.05) is 24.3 Å². The lowest BCUT2D eigenvalue weighted by molar-refractivity contribution is -0.127. The molecular formula is C23H21N3O3S2. The first-order valence-corrected chi connectivity index (χ1v) is 11.7. The number of thioether (sulfide) groups is 2. The van der Waals surface area contributed by atoms with Crippen molar-refractivity contribution in [2.24, 2.45) is 7.05 Å². The molecule has 1 aliphatic rings. The van der Waals surface area contributed by atoms with E-state index in [1.54, 1.807) is 23.9 Å². The Morgan fingerprint density at radius 2 is 1.94 bits per heavy atom. The van der Waals surface area contributed by atoms with Crippen molar-refractivity contribution in [3.8, 4) is 0 Å². The van der Waals surface area contributed by atoms with Crippen LogP contribution in [-0.4, -0.2) is 39.3 Å². The third kappa shape index (κ3) is 4.13. The van der Waals surface area contributed by atoms with E-state index in [2.05, 4.69) is 9.88 Å². The van der Waals surface area contributed by atoms with E-state index < -0.39 is 17.1 Å². The molecule has 2 aromatic carbocycles. The van der Waals surface area contributed by atoms with Gasteiger partial charge < -0.3 is 9.88 Å². The topological polar surface area (TPSA) is 71.4 Å². The highest BCUT2D eigenvalue weighted by Crippen LogP contribution is 2.35. The second kappa shape index (κ2) is 8.64. The minimum atomic E-state index is -0.449. The standard InChI is InChI=1S/C23H21N3O3S2/c1-14-18(17-9-4-5-10-19(17)25(14)2)12-20-22(28)26(23(29)31-20)13-21(27)24-15-7-6-8-16(11-15)30-3/h4-12H,13H2,1-3H3,(H,24,27)/b20-12-. The first kappa shape index (κ1) is 21.3. The first-order valence-electron chi connectivity index (χ1n) is 9.62. The largest absolute Gasteiger partial charge is 0.347 e. The monoisotopic (exact) mass is 451 g/mol. The summed E-state index contributed by atoms with van der Waals surface area (Å²) >= 11 is 2.43. The molecule has 158 valence electrons. The van der Waals surface area contributed by atoms with Gasteiger partial charge in [-0.2, -0.15) is 0 Å². The van der Waals surface area contributed by atoms with Crippen molar-refractivity contribution in [1.82, 2.24) is 9.47 Å². The van der Waals surface area contributed by atoms with Crippen LogP contribution in [0, 0.1) is 6.92 Å². The number of hydrogen-bond donors (Lipinski definition) is 1. The number of imide groups is 1. The lowest BCUT2D eigenvalue weighted by Gasteiger charge is -2.12. The zero-order chi connectivity index (χ0) is 22.1. The molecule has 0 radical (unpaired) electrons. The van der Waals surface area contributed by atoms with Crippen molar-refractivity contribution in [2.45, 2.75) is 11.8 Å². The van der Waals surface area contributed by atoms with E-state index in [0.717, 1.165) is 43.7 Å². The number of aryl methyl sites for hydroxylation is 1. The lowest BCUT2D eigenvalue weighted by Crippen LogP contribution is -2.36. The Kier molecular flexibility index (Phi) is 5.93. The van der Waals surface area contributed by atoms with Crippen molar-refractivity contribution in [3.63, 3.8) is 0 Å². The van der Waals surface area contributed by atoms with Crippen molar-refractivity contribution >= 4 is 63.2 Å². The number of nitrogens with zero attached hydrogens (tertiary/aromatic N) is 2. The van der Waals surface area contributed by atoms with Crippen LogP contribution in [0.4, 0.5) is 10.5 Å². The number of para-hydroxylation sites is 1. The van der Waals surface area contributed by atoms with Crippen LogP contribution in [0.25, 0.3) is 17.0 Å². The van der Waals surface area contributed by atoms with Gasteiger partial charge in [0.2, 0.25) is 5.91 Å². The molecule has 1 saturated heterocycles. The molecule has 0 saturated carbocycles. The third-order valence-corrected chi connectivity index (χ3v) is 6.89. The quantitative estimate of drug-likeness (QED) is 0.442. The summed E-state index contributed by atoms with van der Waals surface area (Å²) in [5, 5.41) is 3.33. The van der Waals surface area contributed by atoms with E-state index in [4.69, 9.17) is 0 Å². The predicted molar refractivity (Wildman–Crippen MR) is 127 cm³/mol. The van der Waals surface area contributed by atoms with Gasteiger partial charge in [0.1, 0.15) is 6.54 Å². The molecule has 8 heteroatoms. The van der Waals surface area contributed by atoms with Gasteiger partial charge in [-0.05, 0) is 55.3 Å². The molecular weight excluding hydrogens is 430 g/mol. The molecule has 1 N–H and O–H groups in total. The smallest absolute Gasteiger partial charge is 0.294 e. The van der Waals surface area contributed by atoms with Gasteiger partial charge in [0, 0.05) is 39.8 Å². The molecule has 1 aromatic heterocycles. The van der Waals surface area contributed by atoms with E-state index in [0.29, 0.717) is 10.6 Å². The van der Waals surface area contributed by atoms with Crippen molar-refractivity contribution in [2.75, 3.05) is 18.1 Å². The molecule has 6 nitrogen and oxygen atoms in total. The Morgan fingerprint density at radius 3 is 2.71 bits per heavy atom. The van der Waals surface area contributed by atoms with Gasteiger partial charge in [0.25, 0.3) is 11.1 Å². The average Bonchev–Trinajstić information content (AvgIpc) is 3.17. The Hall–Kier alpha value is -2.97. The van der Waals surface area contributed by atoms with Gasteiger partial charge >= 0.3 is 0 Å². The second-order valence-electron chi connectivity index (χ2n) is 7.12. The van der Waals surface area contributed by atoms with E-state index >= 15 is 0 Å². The van der Waals surface area contributed by atoms with E-state index in [9.17, 15) is 14.4 Å². The number of amides is 3. The van der Waals surface area contributed by atoms with Crippen molar-refractivity contribution < 1.29 is 14.4 Å². The number of hydrogen-bond acceptors (Lipinski definition) is 5. The molecule has 0 spiro atoms. The highest BCUT2D eigenvalue weighted by Gasteiger charge is 2.36. The summed E-state index contributed by atoms with van der Waals surface area (Å²) in [5.41, 5.74) is 3.59. The van der Waals surface area contributed by atoms with Crippen LogP contribution in [0.2, 0.25) is 0 Å². The number of nitrogens with one attached hydrogen (secondary N) is 1. The highest BCUT2D eigenvalue weighted by atomic mass is 32.2.